The second kappa shape index (κ2) is 10.8. The number of hydrogen-bond donors (Lipinski definition) is 1. The Morgan fingerprint density at radius 1 is 1.10 bits per heavy atom. The van der Waals surface area contributed by atoms with E-state index < -0.39 is 16.1 Å². The van der Waals surface area contributed by atoms with Crippen molar-refractivity contribution in [2.45, 2.75) is 33.4 Å². The topological polar surface area (TPSA) is 88.8 Å². The number of sulfonamides is 1. The summed E-state index contributed by atoms with van der Waals surface area (Å²) < 4.78 is 36.2. The predicted octanol–water partition coefficient (Wildman–Crippen LogP) is 2.56. The van der Waals surface area contributed by atoms with Gasteiger partial charge in [-0.2, -0.15) is 0 Å². The van der Waals surface area contributed by atoms with Gasteiger partial charge in [-0.15, -0.1) is 10.2 Å². The molecule has 0 saturated heterocycles. The molecule has 31 heavy (non-hydrogen) atoms. The number of fused-ring (bicyclic) bond motifs is 1. The van der Waals surface area contributed by atoms with Crippen LogP contribution in [-0.4, -0.2) is 59.9 Å². The van der Waals surface area contributed by atoms with Crippen molar-refractivity contribution in [2.75, 3.05) is 32.0 Å². The SMILES string of the molecule is CCN(CC)CCS(=O)(=O)NC(COCc1ccccc1)c1nnc2ccc(C)cn12. The third-order valence-electron chi connectivity index (χ3n) is 5.18. The minimum absolute atomic E-state index is 0.0135. The van der Waals surface area contributed by atoms with E-state index in [4.69, 9.17) is 4.74 Å². The molecule has 0 bridgehead atoms. The third kappa shape index (κ3) is 6.57. The van der Waals surface area contributed by atoms with Gasteiger partial charge < -0.3 is 9.64 Å². The maximum absolute atomic E-state index is 12.9. The summed E-state index contributed by atoms with van der Waals surface area (Å²) in [6.07, 6.45) is 1.90. The Morgan fingerprint density at radius 2 is 1.84 bits per heavy atom. The summed E-state index contributed by atoms with van der Waals surface area (Å²) >= 11 is 0. The number of benzene rings is 1. The molecular weight excluding hydrogens is 414 g/mol. The number of pyridine rings is 1. The van der Waals surface area contributed by atoms with Crippen LogP contribution in [0.25, 0.3) is 5.65 Å². The quantitative estimate of drug-likeness (QED) is 0.461. The molecule has 9 heteroatoms. The molecule has 0 spiro atoms. The van der Waals surface area contributed by atoms with E-state index in [1.807, 2.05) is 73.8 Å². The van der Waals surface area contributed by atoms with Crippen LogP contribution in [0.5, 0.6) is 0 Å². The van der Waals surface area contributed by atoms with Crippen LogP contribution in [0.3, 0.4) is 0 Å². The number of aromatic nitrogens is 3. The maximum atomic E-state index is 12.9. The summed E-state index contributed by atoms with van der Waals surface area (Å²) in [5.41, 5.74) is 2.71. The lowest BCUT2D eigenvalue weighted by Gasteiger charge is -2.21. The summed E-state index contributed by atoms with van der Waals surface area (Å²) in [5.74, 6) is 0.526. The van der Waals surface area contributed by atoms with Crippen LogP contribution in [0.1, 0.15) is 36.8 Å². The molecule has 2 aromatic heterocycles. The van der Waals surface area contributed by atoms with Crippen molar-refractivity contribution >= 4 is 15.7 Å². The molecule has 1 unspecified atom stereocenters. The number of aryl methyl sites for hydroxylation is 1. The van der Waals surface area contributed by atoms with Crippen molar-refractivity contribution < 1.29 is 13.2 Å². The highest BCUT2D eigenvalue weighted by atomic mass is 32.2. The summed E-state index contributed by atoms with van der Waals surface area (Å²) in [5, 5.41) is 8.46. The zero-order valence-corrected chi connectivity index (χ0v) is 19.2. The minimum atomic E-state index is -3.55. The number of ether oxygens (including phenoxy) is 1. The van der Waals surface area contributed by atoms with E-state index in [2.05, 4.69) is 19.8 Å². The average molecular weight is 446 g/mol. The van der Waals surface area contributed by atoms with Crippen LogP contribution in [0, 0.1) is 6.92 Å². The van der Waals surface area contributed by atoms with Crippen molar-refractivity contribution in [1.82, 2.24) is 24.2 Å². The molecule has 0 saturated carbocycles. The lowest BCUT2D eigenvalue weighted by Crippen LogP contribution is -2.38. The molecule has 8 nitrogen and oxygen atoms in total. The van der Waals surface area contributed by atoms with Gasteiger partial charge >= 0.3 is 0 Å². The second-order valence-electron chi connectivity index (χ2n) is 7.51. The summed E-state index contributed by atoms with van der Waals surface area (Å²) in [4.78, 5) is 2.08. The van der Waals surface area contributed by atoms with Gasteiger partial charge in [0.2, 0.25) is 10.0 Å². The highest BCUT2D eigenvalue weighted by Crippen LogP contribution is 2.16. The number of nitrogens with zero attached hydrogens (tertiary/aromatic N) is 4. The molecule has 1 aromatic carbocycles. The first-order valence-corrected chi connectivity index (χ1v) is 12.2. The zero-order valence-electron chi connectivity index (χ0n) is 18.4. The third-order valence-corrected chi connectivity index (χ3v) is 6.54. The van der Waals surface area contributed by atoms with E-state index in [1.165, 1.54) is 0 Å². The Kier molecular flexibility index (Phi) is 8.14. The fraction of sp³-hybridized carbons (Fsp3) is 0.455. The van der Waals surface area contributed by atoms with Crippen molar-refractivity contribution in [2.24, 2.45) is 0 Å². The normalized spacial score (nSPS) is 13.2. The lowest BCUT2D eigenvalue weighted by atomic mass is 10.2. The molecule has 0 aliphatic rings. The Hall–Kier alpha value is -2.33. The van der Waals surface area contributed by atoms with E-state index in [0.29, 0.717) is 24.6 Å². The molecule has 3 rings (SSSR count). The van der Waals surface area contributed by atoms with Crippen LogP contribution in [0.15, 0.2) is 48.7 Å². The molecule has 0 aliphatic heterocycles. The van der Waals surface area contributed by atoms with Gasteiger partial charge in [0.25, 0.3) is 0 Å². The molecule has 1 atom stereocenters. The van der Waals surface area contributed by atoms with Crippen LogP contribution >= 0.6 is 0 Å². The molecular formula is C22H31N5O3S. The summed E-state index contributed by atoms with van der Waals surface area (Å²) in [6, 6.07) is 12.9. The fourth-order valence-electron chi connectivity index (χ4n) is 3.35. The van der Waals surface area contributed by atoms with E-state index in [-0.39, 0.29) is 12.4 Å². The zero-order chi connectivity index (χ0) is 22.3. The van der Waals surface area contributed by atoms with Crippen LogP contribution < -0.4 is 4.72 Å². The fourth-order valence-corrected chi connectivity index (χ4v) is 4.57. The highest BCUT2D eigenvalue weighted by molar-refractivity contribution is 7.89. The molecule has 0 aliphatic carbocycles. The van der Waals surface area contributed by atoms with Crippen LogP contribution in [0.2, 0.25) is 0 Å². The Labute approximate surface area is 184 Å². The molecule has 3 aromatic rings. The first kappa shape index (κ1) is 23.3. The molecule has 168 valence electrons. The second-order valence-corrected chi connectivity index (χ2v) is 9.38. The molecule has 0 amide bonds. The maximum Gasteiger partial charge on any atom is 0.213 e. The first-order chi connectivity index (χ1) is 14.9. The van der Waals surface area contributed by atoms with Gasteiger partial charge in [0.05, 0.1) is 19.0 Å². The Balaban J connectivity index is 1.78. The summed E-state index contributed by atoms with van der Waals surface area (Å²) in [7, 11) is -3.55. The smallest absolute Gasteiger partial charge is 0.213 e. The van der Waals surface area contributed by atoms with Gasteiger partial charge in [0.15, 0.2) is 11.5 Å². The average Bonchev–Trinajstić information content (AvgIpc) is 3.17. The van der Waals surface area contributed by atoms with Gasteiger partial charge in [0.1, 0.15) is 6.04 Å². The Bertz CT molecular complexity index is 1070. The van der Waals surface area contributed by atoms with Gasteiger partial charge in [-0.05, 0) is 37.2 Å². The first-order valence-electron chi connectivity index (χ1n) is 10.6. The van der Waals surface area contributed by atoms with E-state index in [9.17, 15) is 8.42 Å². The van der Waals surface area contributed by atoms with Crippen molar-refractivity contribution in [3.8, 4) is 0 Å². The van der Waals surface area contributed by atoms with Gasteiger partial charge in [-0.3, -0.25) is 4.40 Å². The molecule has 0 fully saturated rings. The standard InChI is InChI=1S/C22H31N5O3S/c1-4-26(5-2)13-14-31(28,29)25-20(17-30-16-19-9-7-6-8-10-19)22-24-23-21-12-11-18(3)15-27(21)22/h6-12,15,20,25H,4-5,13-14,16-17H2,1-3H3. The highest BCUT2D eigenvalue weighted by Gasteiger charge is 2.25. The predicted molar refractivity (Wildman–Crippen MR) is 121 cm³/mol. The van der Waals surface area contributed by atoms with Crippen molar-refractivity contribution in [3.05, 3.63) is 65.6 Å². The van der Waals surface area contributed by atoms with E-state index in [1.54, 1.807) is 0 Å². The number of nitrogens with one attached hydrogen (secondary N) is 1. The van der Waals surface area contributed by atoms with E-state index in [0.717, 1.165) is 24.2 Å². The number of hydrogen-bond acceptors (Lipinski definition) is 6. The molecule has 2 heterocycles. The van der Waals surface area contributed by atoms with Crippen molar-refractivity contribution in [1.29, 1.82) is 0 Å². The lowest BCUT2D eigenvalue weighted by molar-refractivity contribution is 0.102. The summed E-state index contributed by atoms with van der Waals surface area (Å²) in [6.45, 7) is 8.64. The van der Waals surface area contributed by atoms with Gasteiger partial charge in [0, 0.05) is 12.7 Å². The van der Waals surface area contributed by atoms with Gasteiger partial charge in [-0.1, -0.05) is 50.2 Å². The minimum Gasteiger partial charge on any atom is -0.375 e. The monoisotopic (exact) mass is 445 g/mol. The number of rotatable bonds is 12. The van der Waals surface area contributed by atoms with Gasteiger partial charge in [-0.25, -0.2) is 13.1 Å². The van der Waals surface area contributed by atoms with Crippen LogP contribution in [0.4, 0.5) is 0 Å². The van der Waals surface area contributed by atoms with E-state index >= 15 is 0 Å². The largest absolute Gasteiger partial charge is 0.375 e. The van der Waals surface area contributed by atoms with Crippen LogP contribution in [-0.2, 0) is 21.4 Å². The van der Waals surface area contributed by atoms with Crippen molar-refractivity contribution in [3.63, 3.8) is 0 Å². The molecule has 1 N–H and O–H groups in total. The Morgan fingerprint density at radius 3 is 2.55 bits per heavy atom. The molecule has 0 radical (unpaired) electrons.